The molecule has 0 radical (unpaired) electrons. The Morgan fingerprint density at radius 1 is 1.20 bits per heavy atom. The summed E-state index contributed by atoms with van der Waals surface area (Å²) in [6.45, 7) is 9.25. The Morgan fingerprint density at radius 3 is 2.60 bits per heavy atom. The second kappa shape index (κ2) is 6.70. The number of carbonyl (C=O) groups excluding carboxylic acids is 2. The summed E-state index contributed by atoms with van der Waals surface area (Å²) in [4.78, 5) is 29.5. The lowest BCUT2D eigenvalue weighted by atomic mass is 9.99. The van der Waals surface area contributed by atoms with Gasteiger partial charge in [0.15, 0.2) is 0 Å². The molecule has 1 aromatic rings. The number of carbonyl (C=O) groups is 2. The third kappa shape index (κ3) is 3.80. The topological polar surface area (TPSA) is 49.9 Å². The van der Waals surface area contributed by atoms with Crippen molar-refractivity contribution in [3.8, 4) is 0 Å². The number of ether oxygens (including phenoxy) is 1. The molecule has 2 aliphatic rings. The number of piperidine rings is 1. The molecule has 1 aromatic carbocycles. The molecular formula is C20H28N2O3. The first-order valence-corrected chi connectivity index (χ1v) is 9.15. The van der Waals surface area contributed by atoms with Crippen LogP contribution in [-0.4, -0.2) is 41.6 Å². The highest BCUT2D eigenvalue weighted by Crippen LogP contribution is 2.34. The first kappa shape index (κ1) is 17.8. The van der Waals surface area contributed by atoms with Crippen LogP contribution in [0.3, 0.4) is 0 Å². The van der Waals surface area contributed by atoms with Crippen molar-refractivity contribution in [2.75, 3.05) is 18.0 Å². The van der Waals surface area contributed by atoms with Gasteiger partial charge in [-0.25, -0.2) is 4.79 Å². The van der Waals surface area contributed by atoms with Crippen LogP contribution < -0.4 is 4.90 Å². The van der Waals surface area contributed by atoms with Gasteiger partial charge >= 0.3 is 6.09 Å². The van der Waals surface area contributed by atoms with Gasteiger partial charge in [0.1, 0.15) is 11.6 Å². The Bertz CT molecular complexity index is 665. The van der Waals surface area contributed by atoms with E-state index in [9.17, 15) is 9.59 Å². The average Bonchev–Trinajstić information content (AvgIpc) is 2.92. The predicted octanol–water partition coefficient (Wildman–Crippen LogP) is 3.61. The van der Waals surface area contributed by atoms with Crippen LogP contribution in [0.5, 0.6) is 0 Å². The SMILES string of the molecule is C[C@H]1CCCN(C(=O)[C@H]2Cc3ccccc3N2C(=O)OC(C)(C)C)C1. The summed E-state index contributed by atoms with van der Waals surface area (Å²) in [5, 5.41) is 0. The first-order chi connectivity index (χ1) is 11.8. The van der Waals surface area contributed by atoms with E-state index in [1.54, 1.807) is 4.90 Å². The number of hydrogen-bond acceptors (Lipinski definition) is 3. The number of benzene rings is 1. The molecule has 2 aliphatic heterocycles. The van der Waals surface area contributed by atoms with Gasteiger partial charge in [0.2, 0.25) is 5.91 Å². The van der Waals surface area contributed by atoms with Gasteiger partial charge in [-0.2, -0.15) is 0 Å². The Kier molecular flexibility index (Phi) is 4.76. The van der Waals surface area contributed by atoms with E-state index in [1.807, 2.05) is 49.9 Å². The van der Waals surface area contributed by atoms with Crippen LogP contribution in [0.15, 0.2) is 24.3 Å². The molecule has 0 aromatic heterocycles. The molecule has 2 heterocycles. The highest BCUT2D eigenvalue weighted by Gasteiger charge is 2.42. The lowest BCUT2D eigenvalue weighted by Gasteiger charge is -2.35. The maximum Gasteiger partial charge on any atom is 0.415 e. The summed E-state index contributed by atoms with van der Waals surface area (Å²) in [5.74, 6) is 0.546. The smallest absolute Gasteiger partial charge is 0.415 e. The number of rotatable bonds is 1. The fraction of sp³-hybridized carbons (Fsp3) is 0.600. The van der Waals surface area contributed by atoms with Crippen LogP contribution in [0, 0.1) is 5.92 Å². The molecule has 5 heteroatoms. The molecule has 25 heavy (non-hydrogen) atoms. The minimum absolute atomic E-state index is 0.0357. The largest absolute Gasteiger partial charge is 0.443 e. The van der Waals surface area contributed by atoms with E-state index < -0.39 is 17.7 Å². The summed E-state index contributed by atoms with van der Waals surface area (Å²) < 4.78 is 5.58. The Morgan fingerprint density at radius 2 is 1.92 bits per heavy atom. The van der Waals surface area contributed by atoms with Crippen molar-refractivity contribution in [2.24, 2.45) is 5.92 Å². The van der Waals surface area contributed by atoms with Crippen molar-refractivity contribution < 1.29 is 14.3 Å². The summed E-state index contributed by atoms with van der Waals surface area (Å²) >= 11 is 0. The van der Waals surface area contributed by atoms with Gasteiger partial charge < -0.3 is 9.64 Å². The van der Waals surface area contributed by atoms with Crippen LogP contribution in [0.2, 0.25) is 0 Å². The molecule has 0 bridgehead atoms. The average molecular weight is 344 g/mol. The summed E-state index contributed by atoms with van der Waals surface area (Å²) in [5.41, 5.74) is 1.22. The van der Waals surface area contributed by atoms with E-state index in [0.717, 1.165) is 37.2 Å². The van der Waals surface area contributed by atoms with Crippen LogP contribution in [0.4, 0.5) is 10.5 Å². The van der Waals surface area contributed by atoms with Crippen LogP contribution >= 0.6 is 0 Å². The lowest BCUT2D eigenvalue weighted by molar-refractivity contribution is -0.134. The minimum Gasteiger partial charge on any atom is -0.443 e. The highest BCUT2D eigenvalue weighted by molar-refractivity contribution is 6.00. The van der Waals surface area contributed by atoms with Crippen molar-refractivity contribution in [1.82, 2.24) is 4.90 Å². The molecule has 3 rings (SSSR count). The van der Waals surface area contributed by atoms with E-state index in [-0.39, 0.29) is 5.91 Å². The van der Waals surface area contributed by atoms with Crippen molar-refractivity contribution >= 4 is 17.7 Å². The van der Waals surface area contributed by atoms with Crippen molar-refractivity contribution in [3.05, 3.63) is 29.8 Å². The molecule has 0 N–H and O–H groups in total. The Labute approximate surface area is 149 Å². The van der Waals surface area contributed by atoms with Gasteiger partial charge in [-0.05, 0) is 51.2 Å². The van der Waals surface area contributed by atoms with E-state index >= 15 is 0 Å². The maximum absolute atomic E-state index is 13.2. The standard InChI is InChI=1S/C20H28N2O3/c1-14-8-7-11-21(13-14)18(23)17-12-15-9-5-6-10-16(15)22(17)19(24)25-20(2,3)4/h5-6,9-10,14,17H,7-8,11-13H2,1-4H3/t14-,17+/m0/s1. The summed E-state index contributed by atoms with van der Waals surface area (Å²) in [6.07, 6.45) is 2.30. The van der Waals surface area contributed by atoms with Crippen molar-refractivity contribution in [1.29, 1.82) is 0 Å². The molecule has 0 saturated carbocycles. The molecule has 5 nitrogen and oxygen atoms in total. The molecule has 0 unspecified atom stereocenters. The molecule has 1 saturated heterocycles. The van der Waals surface area contributed by atoms with E-state index in [0.29, 0.717) is 12.3 Å². The second-order valence-electron chi connectivity index (χ2n) is 8.23. The third-order valence-corrected chi connectivity index (χ3v) is 4.82. The van der Waals surface area contributed by atoms with Gasteiger partial charge in [0.05, 0.1) is 5.69 Å². The van der Waals surface area contributed by atoms with E-state index in [1.165, 1.54) is 0 Å². The number of nitrogens with zero attached hydrogens (tertiary/aromatic N) is 2. The summed E-state index contributed by atoms with van der Waals surface area (Å²) in [6, 6.07) is 7.22. The molecule has 2 amide bonds. The molecular weight excluding hydrogens is 316 g/mol. The van der Waals surface area contributed by atoms with Crippen molar-refractivity contribution in [3.63, 3.8) is 0 Å². The number of likely N-dealkylation sites (tertiary alicyclic amines) is 1. The highest BCUT2D eigenvalue weighted by atomic mass is 16.6. The summed E-state index contributed by atoms with van der Waals surface area (Å²) in [7, 11) is 0. The van der Waals surface area contributed by atoms with Crippen LogP contribution in [0.1, 0.15) is 46.1 Å². The molecule has 2 atom stereocenters. The van der Waals surface area contributed by atoms with Crippen molar-refractivity contribution in [2.45, 2.75) is 58.6 Å². The Balaban J connectivity index is 1.87. The van der Waals surface area contributed by atoms with E-state index in [2.05, 4.69) is 6.92 Å². The number of anilines is 1. The maximum atomic E-state index is 13.2. The van der Waals surface area contributed by atoms with E-state index in [4.69, 9.17) is 4.74 Å². The van der Waals surface area contributed by atoms with Gasteiger partial charge in [-0.1, -0.05) is 25.1 Å². The fourth-order valence-electron chi connectivity index (χ4n) is 3.72. The van der Waals surface area contributed by atoms with Crippen LogP contribution in [-0.2, 0) is 16.0 Å². The van der Waals surface area contributed by atoms with Gasteiger partial charge in [0.25, 0.3) is 0 Å². The third-order valence-electron chi connectivity index (χ3n) is 4.82. The Hall–Kier alpha value is -2.04. The minimum atomic E-state index is -0.595. The van der Waals surface area contributed by atoms with Crippen LogP contribution in [0.25, 0.3) is 0 Å². The fourth-order valence-corrected chi connectivity index (χ4v) is 3.72. The zero-order valence-corrected chi connectivity index (χ0v) is 15.6. The first-order valence-electron chi connectivity index (χ1n) is 9.15. The second-order valence-corrected chi connectivity index (χ2v) is 8.23. The quantitative estimate of drug-likeness (QED) is 0.782. The number of amides is 2. The predicted molar refractivity (Wildman–Crippen MR) is 97.6 cm³/mol. The number of hydrogen-bond donors (Lipinski definition) is 0. The zero-order valence-electron chi connectivity index (χ0n) is 15.6. The number of fused-ring (bicyclic) bond motifs is 1. The normalized spacial score (nSPS) is 23.4. The van der Waals surface area contributed by atoms with Gasteiger partial charge in [-0.15, -0.1) is 0 Å². The molecule has 0 aliphatic carbocycles. The zero-order chi connectivity index (χ0) is 18.2. The molecule has 136 valence electrons. The molecule has 0 spiro atoms. The monoisotopic (exact) mass is 344 g/mol. The lowest BCUT2D eigenvalue weighted by Crippen LogP contribution is -2.52. The van der Waals surface area contributed by atoms with Gasteiger partial charge in [0, 0.05) is 19.5 Å². The van der Waals surface area contributed by atoms with Gasteiger partial charge in [-0.3, -0.25) is 9.69 Å². The molecule has 1 fully saturated rings. The number of para-hydroxylation sites is 1.